The molecule has 2 N–H and O–H groups in total. The van der Waals surface area contributed by atoms with Crippen LogP contribution in [0.5, 0.6) is 17.2 Å². The van der Waals surface area contributed by atoms with E-state index < -0.39 is 10.0 Å². The summed E-state index contributed by atoms with van der Waals surface area (Å²) in [4.78, 5) is 2.12. The highest BCUT2D eigenvalue weighted by molar-refractivity contribution is 7.89. The van der Waals surface area contributed by atoms with Gasteiger partial charge in [0, 0.05) is 13.1 Å². The van der Waals surface area contributed by atoms with Crippen molar-refractivity contribution < 1.29 is 17.9 Å². The van der Waals surface area contributed by atoms with Gasteiger partial charge in [0.05, 0.1) is 12.8 Å². The second-order valence-electron chi connectivity index (χ2n) is 7.60. The lowest BCUT2D eigenvalue weighted by Crippen LogP contribution is -2.27. The van der Waals surface area contributed by atoms with Gasteiger partial charge in [-0.1, -0.05) is 51.0 Å². The monoisotopic (exact) mass is 446 g/mol. The van der Waals surface area contributed by atoms with Gasteiger partial charge >= 0.3 is 0 Å². The predicted molar refractivity (Wildman–Crippen MR) is 128 cm³/mol. The van der Waals surface area contributed by atoms with Gasteiger partial charge in [0.25, 0.3) is 0 Å². The van der Waals surface area contributed by atoms with E-state index in [9.17, 15) is 8.42 Å². The van der Waals surface area contributed by atoms with Crippen molar-refractivity contribution in [2.24, 2.45) is 5.14 Å². The zero-order valence-electron chi connectivity index (χ0n) is 19.0. The number of anilines is 1. The largest absolute Gasteiger partial charge is 0.493 e. The van der Waals surface area contributed by atoms with Crippen LogP contribution in [0.3, 0.4) is 0 Å². The van der Waals surface area contributed by atoms with Crippen LogP contribution in [-0.2, 0) is 10.0 Å². The van der Waals surface area contributed by atoms with Crippen LogP contribution in [0.15, 0.2) is 47.9 Å². The Morgan fingerprint density at radius 2 is 1.65 bits per heavy atom. The van der Waals surface area contributed by atoms with Gasteiger partial charge in [0.1, 0.15) is 4.90 Å². The third-order valence-electron chi connectivity index (χ3n) is 5.02. The Morgan fingerprint density at radius 1 is 1.06 bits per heavy atom. The van der Waals surface area contributed by atoms with Crippen LogP contribution in [0.2, 0.25) is 0 Å². The SMILES string of the molecule is C=C(C)c1cc(N(CCCC)CCCC)c(Oc2ccccc2OC)c(S(N)(=O)=O)c1. The summed E-state index contributed by atoms with van der Waals surface area (Å²) in [5, 5.41) is 5.63. The van der Waals surface area contributed by atoms with E-state index in [4.69, 9.17) is 14.6 Å². The van der Waals surface area contributed by atoms with Crippen LogP contribution < -0.4 is 19.5 Å². The van der Waals surface area contributed by atoms with Crippen molar-refractivity contribution in [1.29, 1.82) is 0 Å². The molecule has 0 aliphatic heterocycles. The third kappa shape index (κ3) is 6.48. The summed E-state index contributed by atoms with van der Waals surface area (Å²) in [6.07, 6.45) is 3.99. The second-order valence-corrected chi connectivity index (χ2v) is 9.12. The molecule has 0 spiro atoms. The minimum absolute atomic E-state index is 0.0631. The molecule has 2 rings (SSSR count). The average molecular weight is 447 g/mol. The molecule has 0 radical (unpaired) electrons. The number of benzene rings is 2. The van der Waals surface area contributed by atoms with Gasteiger partial charge in [-0.15, -0.1) is 0 Å². The highest BCUT2D eigenvalue weighted by atomic mass is 32.2. The first-order valence-electron chi connectivity index (χ1n) is 10.6. The normalized spacial score (nSPS) is 11.3. The lowest BCUT2D eigenvalue weighted by atomic mass is 10.1. The van der Waals surface area contributed by atoms with Crippen molar-refractivity contribution in [1.82, 2.24) is 0 Å². The zero-order chi connectivity index (χ0) is 23.0. The quantitative estimate of drug-likeness (QED) is 0.461. The van der Waals surface area contributed by atoms with E-state index in [1.807, 2.05) is 25.1 Å². The highest BCUT2D eigenvalue weighted by Gasteiger charge is 2.25. The van der Waals surface area contributed by atoms with Crippen LogP contribution in [0.1, 0.15) is 52.0 Å². The number of sulfonamides is 1. The average Bonchev–Trinajstić information content (AvgIpc) is 2.73. The minimum atomic E-state index is -4.06. The molecular weight excluding hydrogens is 412 g/mol. The van der Waals surface area contributed by atoms with E-state index in [0.29, 0.717) is 22.7 Å². The van der Waals surface area contributed by atoms with E-state index in [1.165, 1.54) is 6.07 Å². The van der Waals surface area contributed by atoms with Crippen molar-refractivity contribution in [3.8, 4) is 17.2 Å². The molecule has 170 valence electrons. The number of primary sulfonamides is 1. The zero-order valence-corrected chi connectivity index (χ0v) is 19.8. The van der Waals surface area contributed by atoms with Gasteiger partial charge in [0.2, 0.25) is 10.0 Å². The van der Waals surface area contributed by atoms with E-state index in [1.54, 1.807) is 19.2 Å². The fraction of sp³-hybridized carbons (Fsp3) is 0.417. The predicted octanol–water partition coefficient (Wildman–Crippen LogP) is 5.57. The summed E-state index contributed by atoms with van der Waals surface area (Å²) >= 11 is 0. The van der Waals surface area contributed by atoms with Crippen molar-refractivity contribution >= 4 is 21.3 Å². The first-order chi connectivity index (χ1) is 14.7. The van der Waals surface area contributed by atoms with Gasteiger partial charge in [-0.2, -0.15) is 0 Å². The van der Waals surface area contributed by atoms with Crippen LogP contribution in [-0.4, -0.2) is 28.6 Å². The minimum Gasteiger partial charge on any atom is -0.493 e. The van der Waals surface area contributed by atoms with Crippen molar-refractivity contribution in [2.45, 2.75) is 51.3 Å². The van der Waals surface area contributed by atoms with E-state index in [-0.39, 0.29) is 10.6 Å². The van der Waals surface area contributed by atoms with Gasteiger partial charge in [0.15, 0.2) is 17.2 Å². The fourth-order valence-electron chi connectivity index (χ4n) is 3.25. The number of nitrogens with two attached hydrogens (primary N) is 1. The summed E-state index contributed by atoms with van der Waals surface area (Å²) in [6, 6.07) is 10.6. The summed E-state index contributed by atoms with van der Waals surface area (Å²) in [7, 11) is -2.52. The summed E-state index contributed by atoms with van der Waals surface area (Å²) in [5.41, 5.74) is 2.16. The Hall–Kier alpha value is -2.51. The fourth-order valence-corrected chi connectivity index (χ4v) is 3.94. The molecule has 2 aromatic carbocycles. The molecule has 0 atom stereocenters. The number of para-hydroxylation sites is 2. The number of allylic oxidation sites excluding steroid dienone is 1. The van der Waals surface area contributed by atoms with Gasteiger partial charge in [-0.05, 0) is 49.6 Å². The highest BCUT2D eigenvalue weighted by Crippen LogP contribution is 2.42. The Kier molecular flexibility index (Phi) is 8.95. The number of rotatable bonds is 12. The Morgan fingerprint density at radius 3 is 2.13 bits per heavy atom. The molecule has 0 fully saturated rings. The number of hydrogen-bond donors (Lipinski definition) is 1. The first kappa shape index (κ1) is 24.8. The molecule has 0 aliphatic rings. The Labute approximate surface area is 186 Å². The maximum absolute atomic E-state index is 12.6. The molecule has 0 unspecified atom stereocenters. The molecule has 31 heavy (non-hydrogen) atoms. The second kappa shape index (κ2) is 11.2. The molecule has 0 amide bonds. The number of hydrogen-bond acceptors (Lipinski definition) is 5. The van der Waals surface area contributed by atoms with Gasteiger partial charge in [-0.3, -0.25) is 0 Å². The van der Waals surface area contributed by atoms with Crippen molar-refractivity contribution in [2.75, 3.05) is 25.1 Å². The lowest BCUT2D eigenvalue weighted by Gasteiger charge is -2.29. The molecule has 2 aromatic rings. The molecule has 0 heterocycles. The lowest BCUT2D eigenvalue weighted by molar-refractivity contribution is 0.375. The van der Waals surface area contributed by atoms with Gasteiger partial charge in [-0.25, -0.2) is 13.6 Å². The number of methoxy groups -OCH3 is 1. The maximum Gasteiger partial charge on any atom is 0.241 e. The third-order valence-corrected chi connectivity index (χ3v) is 5.94. The molecule has 0 bridgehead atoms. The molecule has 0 saturated carbocycles. The molecule has 6 nitrogen and oxygen atoms in total. The smallest absolute Gasteiger partial charge is 0.241 e. The topological polar surface area (TPSA) is 81.9 Å². The van der Waals surface area contributed by atoms with E-state index in [0.717, 1.165) is 44.3 Å². The maximum atomic E-state index is 12.6. The molecule has 0 aromatic heterocycles. The molecular formula is C24H34N2O4S. The van der Waals surface area contributed by atoms with Crippen LogP contribution >= 0.6 is 0 Å². The van der Waals surface area contributed by atoms with Crippen LogP contribution in [0.4, 0.5) is 5.69 Å². The molecule has 7 heteroatoms. The summed E-state index contributed by atoms with van der Waals surface area (Å²) < 4.78 is 36.8. The summed E-state index contributed by atoms with van der Waals surface area (Å²) in [5.74, 6) is 1.14. The van der Waals surface area contributed by atoms with Crippen molar-refractivity contribution in [3.63, 3.8) is 0 Å². The van der Waals surface area contributed by atoms with Crippen molar-refractivity contribution in [3.05, 3.63) is 48.5 Å². The van der Waals surface area contributed by atoms with Crippen LogP contribution in [0.25, 0.3) is 5.57 Å². The van der Waals surface area contributed by atoms with E-state index >= 15 is 0 Å². The van der Waals surface area contributed by atoms with Crippen LogP contribution in [0, 0.1) is 0 Å². The Bertz CT molecular complexity index is 995. The molecule has 0 aliphatic carbocycles. The summed E-state index contributed by atoms with van der Waals surface area (Å²) in [6.45, 7) is 11.7. The van der Waals surface area contributed by atoms with E-state index in [2.05, 4.69) is 25.3 Å². The number of nitrogens with zero attached hydrogens (tertiary/aromatic N) is 1. The Balaban J connectivity index is 2.77. The number of ether oxygens (including phenoxy) is 2. The number of unbranched alkanes of at least 4 members (excludes halogenated alkanes) is 2. The standard InChI is InChI=1S/C24H34N2O4S/c1-6-8-14-26(15-9-7-2)20-16-19(18(3)4)17-23(31(25,27)28)24(20)30-22-13-11-10-12-21(22)29-5/h10-13,16-17H,3,6-9,14-15H2,1-2,4-5H3,(H2,25,27,28). The first-order valence-corrected chi connectivity index (χ1v) is 12.2. The molecule has 0 saturated heterocycles. The van der Waals surface area contributed by atoms with Gasteiger partial charge < -0.3 is 14.4 Å².